The van der Waals surface area contributed by atoms with Gasteiger partial charge in [0.1, 0.15) is 0 Å². The number of aliphatic hydroxyl groups excluding tert-OH is 1. The molecule has 1 aliphatic carbocycles. The summed E-state index contributed by atoms with van der Waals surface area (Å²) in [5, 5.41) is 12.1. The second-order valence-electron chi connectivity index (χ2n) is 6.38. The molecule has 3 heteroatoms. The molecule has 0 radical (unpaired) electrons. The molecule has 2 unspecified atom stereocenters. The number of hydrogen-bond acceptors (Lipinski definition) is 2. The third-order valence-electron chi connectivity index (χ3n) is 4.50. The van der Waals surface area contributed by atoms with E-state index in [-0.39, 0.29) is 24.5 Å². The molecule has 2 atom stereocenters. The molecular weight excluding hydrogens is 262 g/mol. The Hall–Kier alpha value is -1.35. The highest BCUT2D eigenvalue weighted by Gasteiger charge is 2.31. The van der Waals surface area contributed by atoms with Gasteiger partial charge < -0.3 is 10.4 Å². The van der Waals surface area contributed by atoms with Gasteiger partial charge in [0.15, 0.2) is 0 Å². The molecule has 1 amide bonds. The Morgan fingerprint density at radius 3 is 2.43 bits per heavy atom. The first kappa shape index (κ1) is 16.0. The molecule has 1 fully saturated rings. The fourth-order valence-corrected chi connectivity index (χ4v) is 3.26. The van der Waals surface area contributed by atoms with E-state index in [1.807, 2.05) is 6.92 Å². The minimum absolute atomic E-state index is 0.0168. The zero-order valence-electron chi connectivity index (χ0n) is 13.1. The summed E-state index contributed by atoms with van der Waals surface area (Å²) < 4.78 is 0. The standard InChI is InChI=1S/C18H27NO2/c1-13-8-10-16(11-9-13)17(15-6-4-3-5-7-15)18(21)19-14(2)12-20/h8-11,14-15,17,20H,3-7,12H2,1-2H3,(H,19,21). The van der Waals surface area contributed by atoms with Gasteiger partial charge in [0.2, 0.25) is 5.91 Å². The number of amides is 1. The van der Waals surface area contributed by atoms with E-state index >= 15 is 0 Å². The van der Waals surface area contributed by atoms with E-state index < -0.39 is 0 Å². The molecule has 0 aliphatic heterocycles. The average molecular weight is 289 g/mol. The molecule has 0 heterocycles. The van der Waals surface area contributed by atoms with Crippen LogP contribution in [0.25, 0.3) is 0 Å². The van der Waals surface area contributed by atoms with E-state index in [1.165, 1.54) is 24.8 Å². The van der Waals surface area contributed by atoms with Gasteiger partial charge in [-0.25, -0.2) is 0 Å². The normalized spacial score (nSPS) is 19.0. The van der Waals surface area contributed by atoms with Gasteiger partial charge in [-0.05, 0) is 38.2 Å². The molecule has 1 aromatic carbocycles. The quantitative estimate of drug-likeness (QED) is 0.875. The monoisotopic (exact) mass is 289 g/mol. The minimum atomic E-state index is -0.186. The summed E-state index contributed by atoms with van der Waals surface area (Å²) in [5.74, 6) is 0.402. The van der Waals surface area contributed by atoms with Crippen molar-refractivity contribution in [3.63, 3.8) is 0 Å². The Labute approximate surface area is 127 Å². The van der Waals surface area contributed by atoms with Crippen LogP contribution >= 0.6 is 0 Å². The zero-order chi connectivity index (χ0) is 15.2. The van der Waals surface area contributed by atoms with Crippen molar-refractivity contribution in [1.29, 1.82) is 0 Å². The third kappa shape index (κ3) is 4.31. The predicted octanol–water partition coefficient (Wildman–Crippen LogP) is 3.16. The molecule has 0 bridgehead atoms. The van der Waals surface area contributed by atoms with Gasteiger partial charge in [-0.3, -0.25) is 4.79 Å². The predicted molar refractivity (Wildman–Crippen MR) is 85.2 cm³/mol. The Balaban J connectivity index is 2.20. The largest absolute Gasteiger partial charge is 0.394 e. The molecule has 0 saturated heterocycles. The molecule has 3 nitrogen and oxygen atoms in total. The maximum Gasteiger partial charge on any atom is 0.228 e. The fraction of sp³-hybridized carbons (Fsp3) is 0.611. The maximum atomic E-state index is 12.7. The Morgan fingerprint density at radius 2 is 1.86 bits per heavy atom. The van der Waals surface area contributed by atoms with Crippen LogP contribution in [0.3, 0.4) is 0 Å². The summed E-state index contributed by atoms with van der Waals surface area (Å²) in [6, 6.07) is 8.13. The number of aryl methyl sites for hydroxylation is 1. The number of rotatable bonds is 5. The molecule has 1 aliphatic rings. The first-order valence-corrected chi connectivity index (χ1v) is 8.09. The van der Waals surface area contributed by atoms with Gasteiger partial charge in [-0.2, -0.15) is 0 Å². The molecule has 0 aromatic heterocycles. The Bertz CT molecular complexity index is 449. The third-order valence-corrected chi connectivity index (χ3v) is 4.50. The van der Waals surface area contributed by atoms with Crippen molar-refractivity contribution < 1.29 is 9.90 Å². The van der Waals surface area contributed by atoms with Crippen LogP contribution in [-0.2, 0) is 4.79 Å². The van der Waals surface area contributed by atoms with Crippen molar-refractivity contribution in [3.05, 3.63) is 35.4 Å². The zero-order valence-corrected chi connectivity index (χ0v) is 13.1. The van der Waals surface area contributed by atoms with Crippen molar-refractivity contribution in [3.8, 4) is 0 Å². The lowest BCUT2D eigenvalue weighted by Crippen LogP contribution is -2.40. The van der Waals surface area contributed by atoms with E-state index in [2.05, 4.69) is 36.5 Å². The van der Waals surface area contributed by atoms with Gasteiger partial charge in [-0.1, -0.05) is 49.1 Å². The highest BCUT2D eigenvalue weighted by molar-refractivity contribution is 5.84. The molecule has 2 rings (SSSR count). The Kier molecular flexibility index (Phi) is 5.80. The van der Waals surface area contributed by atoms with Gasteiger partial charge in [0, 0.05) is 6.04 Å². The number of hydrogen-bond donors (Lipinski definition) is 2. The van der Waals surface area contributed by atoms with E-state index in [9.17, 15) is 4.79 Å². The van der Waals surface area contributed by atoms with Crippen LogP contribution in [0.2, 0.25) is 0 Å². The van der Waals surface area contributed by atoms with Crippen LogP contribution in [-0.4, -0.2) is 23.7 Å². The minimum Gasteiger partial charge on any atom is -0.394 e. The van der Waals surface area contributed by atoms with E-state index in [0.717, 1.165) is 18.4 Å². The van der Waals surface area contributed by atoms with E-state index in [1.54, 1.807) is 0 Å². The van der Waals surface area contributed by atoms with Crippen LogP contribution < -0.4 is 5.32 Å². The van der Waals surface area contributed by atoms with Crippen LogP contribution in [0, 0.1) is 12.8 Å². The molecule has 1 saturated carbocycles. The summed E-state index contributed by atoms with van der Waals surface area (Å²) >= 11 is 0. The van der Waals surface area contributed by atoms with Gasteiger partial charge in [0.05, 0.1) is 12.5 Å². The highest BCUT2D eigenvalue weighted by atomic mass is 16.3. The fourth-order valence-electron chi connectivity index (χ4n) is 3.26. The van der Waals surface area contributed by atoms with Crippen LogP contribution in [0.1, 0.15) is 56.1 Å². The molecule has 116 valence electrons. The lowest BCUT2D eigenvalue weighted by Gasteiger charge is -2.30. The van der Waals surface area contributed by atoms with E-state index in [0.29, 0.717) is 5.92 Å². The lowest BCUT2D eigenvalue weighted by molar-refractivity contribution is -0.125. The van der Waals surface area contributed by atoms with Crippen molar-refractivity contribution in [2.75, 3.05) is 6.61 Å². The van der Waals surface area contributed by atoms with Crippen LogP contribution in [0.5, 0.6) is 0 Å². The van der Waals surface area contributed by atoms with Gasteiger partial charge >= 0.3 is 0 Å². The van der Waals surface area contributed by atoms with Crippen LogP contribution in [0.15, 0.2) is 24.3 Å². The first-order valence-electron chi connectivity index (χ1n) is 8.09. The second kappa shape index (κ2) is 7.60. The summed E-state index contributed by atoms with van der Waals surface area (Å²) in [6.07, 6.45) is 5.97. The number of carbonyl (C=O) groups is 1. The first-order chi connectivity index (χ1) is 10.1. The number of aliphatic hydroxyl groups is 1. The van der Waals surface area contributed by atoms with Crippen LogP contribution in [0.4, 0.5) is 0 Å². The lowest BCUT2D eigenvalue weighted by atomic mass is 9.76. The summed E-state index contributed by atoms with van der Waals surface area (Å²) in [4.78, 5) is 12.7. The highest BCUT2D eigenvalue weighted by Crippen LogP contribution is 2.36. The topological polar surface area (TPSA) is 49.3 Å². The van der Waals surface area contributed by atoms with Crippen molar-refractivity contribution in [2.24, 2.45) is 5.92 Å². The maximum absolute atomic E-state index is 12.7. The number of carbonyl (C=O) groups excluding carboxylic acids is 1. The van der Waals surface area contributed by atoms with Crippen molar-refractivity contribution >= 4 is 5.91 Å². The molecule has 0 spiro atoms. The van der Waals surface area contributed by atoms with Gasteiger partial charge in [0.25, 0.3) is 0 Å². The summed E-state index contributed by atoms with van der Waals surface area (Å²) in [7, 11) is 0. The van der Waals surface area contributed by atoms with Gasteiger partial charge in [-0.15, -0.1) is 0 Å². The van der Waals surface area contributed by atoms with Crippen molar-refractivity contribution in [1.82, 2.24) is 5.32 Å². The van der Waals surface area contributed by atoms with E-state index in [4.69, 9.17) is 5.11 Å². The Morgan fingerprint density at radius 1 is 1.24 bits per heavy atom. The average Bonchev–Trinajstić information content (AvgIpc) is 2.50. The van der Waals surface area contributed by atoms with Crippen molar-refractivity contribution in [2.45, 2.75) is 57.9 Å². The molecule has 2 N–H and O–H groups in total. The molecule has 1 aromatic rings. The summed E-state index contributed by atoms with van der Waals surface area (Å²) in [6.45, 7) is 3.88. The number of nitrogens with one attached hydrogen (secondary N) is 1. The molecule has 21 heavy (non-hydrogen) atoms. The molecular formula is C18H27NO2. The second-order valence-corrected chi connectivity index (χ2v) is 6.38. The smallest absolute Gasteiger partial charge is 0.228 e. The SMILES string of the molecule is Cc1ccc(C(C(=O)NC(C)CO)C2CCCCC2)cc1. The summed E-state index contributed by atoms with van der Waals surface area (Å²) in [5.41, 5.74) is 2.32. The number of benzene rings is 1.